The lowest BCUT2D eigenvalue weighted by atomic mass is 10.2. The number of halogens is 1. The monoisotopic (exact) mass is 310 g/mol. The van der Waals surface area contributed by atoms with Crippen molar-refractivity contribution in [2.45, 2.75) is 26.4 Å². The van der Waals surface area contributed by atoms with Gasteiger partial charge in [-0.2, -0.15) is 0 Å². The first kappa shape index (κ1) is 13.7. The zero-order chi connectivity index (χ0) is 14.1. The fourth-order valence-corrected chi connectivity index (χ4v) is 3.14. The van der Waals surface area contributed by atoms with E-state index in [1.165, 1.54) is 4.88 Å². The highest BCUT2D eigenvalue weighted by Gasteiger charge is 2.18. The van der Waals surface area contributed by atoms with Gasteiger partial charge >= 0.3 is 0 Å². The van der Waals surface area contributed by atoms with Crippen molar-refractivity contribution < 1.29 is 9.47 Å². The molecule has 0 radical (unpaired) electrons. The highest BCUT2D eigenvalue weighted by atomic mass is 35.5. The van der Waals surface area contributed by atoms with E-state index in [0.29, 0.717) is 23.1 Å². The van der Waals surface area contributed by atoms with Crippen LogP contribution in [0.5, 0.6) is 11.5 Å². The topological polar surface area (TPSA) is 43.4 Å². The van der Waals surface area contributed by atoms with Crippen LogP contribution in [0.1, 0.15) is 28.4 Å². The van der Waals surface area contributed by atoms with Gasteiger partial charge in [-0.05, 0) is 31.5 Å². The number of aromatic nitrogens is 1. The van der Waals surface area contributed by atoms with Crippen molar-refractivity contribution in [2.75, 3.05) is 6.79 Å². The van der Waals surface area contributed by atoms with Crippen molar-refractivity contribution in [1.29, 1.82) is 0 Å². The summed E-state index contributed by atoms with van der Waals surface area (Å²) < 4.78 is 10.7. The number of nitrogens with one attached hydrogen (secondary N) is 1. The third-order valence-electron chi connectivity index (χ3n) is 3.11. The Labute approximate surface area is 126 Å². The number of rotatable bonds is 4. The van der Waals surface area contributed by atoms with Gasteiger partial charge in [-0.1, -0.05) is 11.6 Å². The molecule has 0 fully saturated rings. The molecule has 6 heteroatoms. The molecule has 3 rings (SSSR count). The number of thiazole rings is 1. The predicted octanol–water partition coefficient (Wildman–Crippen LogP) is 3.68. The van der Waals surface area contributed by atoms with Gasteiger partial charge in [0.25, 0.3) is 0 Å². The average molecular weight is 311 g/mol. The Kier molecular flexibility index (Phi) is 3.83. The van der Waals surface area contributed by atoms with E-state index in [0.717, 1.165) is 10.6 Å². The minimum atomic E-state index is 0.206. The predicted molar refractivity (Wildman–Crippen MR) is 79.7 cm³/mol. The Bertz CT molecular complexity index is 630. The summed E-state index contributed by atoms with van der Waals surface area (Å²) in [6, 6.07) is 4.07. The van der Waals surface area contributed by atoms with Crippen molar-refractivity contribution in [2.24, 2.45) is 0 Å². The van der Waals surface area contributed by atoms with Crippen LogP contribution in [0, 0.1) is 6.92 Å². The maximum atomic E-state index is 6.17. The Morgan fingerprint density at radius 2 is 2.30 bits per heavy atom. The number of ether oxygens (including phenoxy) is 2. The van der Waals surface area contributed by atoms with Gasteiger partial charge in [0.2, 0.25) is 6.79 Å². The Morgan fingerprint density at radius 1 is 1.45 bits per heavy atom. The maximum absolute atomic E-state index is 6.17. The van der Waals surface area contributed by atoms with E-state index in [4.69, 9.17) is 21.1 Å². The molecule has 0 bridgehead atoms. The molecular formula is C14H15ClN2O2S. The number of hydrogen-bond acceptors (Lipinski definition) is 5. The van der Waals surface area contributed by atoms with Crippen LogP contribution in [0.3, 0.4) is 0 Å². The first-order valence-electron chi connectivity index (χ1n) is 6.37. The third-order valence-corrected chi connectivity index (χ3v) is 4.49. The van der Waals surface area contributed by atoms with Gasteiger partial charge < -0.3 is 14.8 Å². The van der Waals surface area contributed by atoms with Crippen LogP contribution in [0.4, 0.5) is 0 Å². The zero-order valence-corrected chi connectivity index (χ0v) is 12.8. The summed E-state index contributed by atoms with van der Waals surface area (Å²) in [6.07, 6.45) is 1.90. The number of hydrogen-bond donors (Lipinski definition) is 1. The first-order valence-corrected chi connectivity index (χ1v) is 7.56. The molecule has 2 aromatic rings. The normalized spacial score (nSPS) is 14.6. The number of fused-ring (bicyclic) bond motifs is 1. The Morgan fingerprint density at radius 3 is 3.05 bits per heavy atom. The van der Waals surface area contributed by atoms with Crippen molar-refractivity contribution in [3.63, 3.8) is 0 Å². The van der Waals surface area contributed by atoms with Gasteiger partial charge in [-0.25, -0.2) is 4.98 Å². The van der Waals surface area contributed by atoms with Gasteiger partial charge in [-0.15, -0.1) is 11.3 Å². The van der Waals surface area contributed by atoms with Crippen molar-refractivity contribution >= 4 is 22.9 Å². The summed E-state index contributed by atoms with van der Waals surface area (Å²) in [6.45, 7) is 5.11. The molecule has 0 aliphatic carbocycles. The fourth-order valence-electron chi connectivity index (χ4n) is 2.05. The van der Waals surface area contributed by atoms with E-state index in [2.05, 4.69) is 24.1 Å². The van der Waals surface area contributed by atoms with Crippen LogP contribution in [-0.2, 0) is 6.54 Å². The molecule has 106 valence electrons. The van der Waals surface area contributed by atoms with Crippen LogP contribution in [0.2, 0.25) is 5.02 Å². The van der Waals surface area contributed by atoms with E-state index in [1.807, 2.05) is 18.3 Å². The van der Waals surface area contributed by atoms with E-state index in [9.17, 15) is 0 Å². The van der Waals surface area contributed by atoms with Gasteiger partial charge in [-0.3, -0.25) is 0 Å². The maximum Gasteiger partial charge on any atom is 0.231 e. The molecule has 1 aliphatic heterocycles. The highest BCUT2D eigenvalue weighted by Crippen LogP contribution is 2.39. The minimum Gasteiger partial charge on any atom is -0.454 e. The third kappa shape index (κ3) is 2.75. The van der Waals surface area contributed by atoms with Crippen LogP contribution >= 0.6 is 22.9 Å². The number of nitrogens with zero attached hydrogens (tertiary/aromatic N) is 1. The summed E-state index contributed by atoms with van der Waals surface area (Å²) in [5, 5.41) is 5.12. The SMILES string of the molecule is Cc1cnc(C(C)NCc2cc(Cl)c3c(c2)OCO3)s1. The lowest BCUT2D eigenvalue weighted by molar-refractivity contribution is 0.174. The van der Waals surface area contributed by atoms with E-state index < -0.39 is 0 Å². The Hall–Kier alpha value is -1.30. The second-order valence-corrected chi connectivity index (χ2v) is 6.40. The molecular weight excluding hydrogens is 296 g/mol. The van der Waals surface area contributed by atoms with Crippen LogP contribution in [0.25, 0.3) is 0 Å². The zero-order valence-electron chi connectivity index (χ0n) is 11.3. The van der Waals surface area contributed by atoms with Gasteiger partial charge in [0, 0.05) is 17.6 Å². The van der Waals surface area contributed by atoms with Crippen molar-refractivity contribution in [1.82, 2.24) is 10.3 Å². The molecule has 20 heavy (non-hydrogen) atoms. The van der Waals surface area contributed by atoms with E-state index in [1.54, 1.807) is 11.3 Å². The number of aryl methyl sites for hydroxylation is 1. The molecule has 1 aliphatic rings. The molecule has 0 saturated carbocycles. The lowest BCUT2D eigenvalue weighted by Gasteiger charge is -2.12. The van der Waals surface area contributed by atoms with Crippen LogP contribution < -0.4 is 14.8 Å². The fraction of sp³-hybridized carbons (Fsp3) is 0.357. The molecule has 1 N–H and O–H groups in total. The molecule has 1 aromatic carbocycles. The molecule has 1 aromatic heterocycles. The second-order valence-electron chi connectivity index (χ2n) is 4.72. The van der Waals surface area contributed by atoms with E-state index >= 15 is 0 Å². The summed E-state index contributed by atoms with van der Waals surface area (Å²) >= 11 is 7.88. The second kappa shape index (κ2) is 5.60. The molecule has 4 nitrogen and oxygen atoms in total. The number of benzene rings is 1. The van der Waals surface area contributed by atoms with Crippen LogP contribution in [-0.4, -0.2) is 11.8 Å². The summed E-state index contributed by atoms with van der Waals surface area (Å²) in [5.74, 6) is 1.35. The molecule has 0 amide bonds. The smallest absolute Gasteiger partial charge is 0.231 e. The quantitative estimate of drug-likeness (QED) is 0.935. The average Bonchev–Trinajstić information content (AvgIpc) is 3.04. The molecule has 2 heterocycles. The standard InChI is InChI=1S/C14H15ClN2O2S/c1-8-5-17-14(20-8)9(2)16-6-10-3-11(15)13-12(4-10)18-7-19-13/h3-5,9,16H,6-7H2,1-2H3. The van der Waals surface area contributed by atoms with Gasteiger partial charge in [0.1, 0.15) is 5.01 Å². The first-order chi connectivity index (χ1) is 9.63. The van der Waals surface area contributed by atoms with E-state index in [-0.39, 0.29) is 12.8 Å². The summed E-state index contributed by atoms with van der Waals surface area (Å²) in [4.78, 5) is 5.61. The largest absolute Gasteiger partial charge is 0.454 e. The lowest BCUT2D eigenvalue weighted by Crippen LogP contribution is -2.17. The Balaban J connectivity index is 1.68. The highest BCUT2D eigenvalue weighted by molar-refractivity contribution is 7.11. The van der Waals surface area contributed by atoms with Crippen molar-refractivity contribution in [3.05, 3.63) is 38.8 Å². The van der Waals surface area contributed by atoms with Crippen LogP contribution in [0.15, 0.2) is 18.3 Å². The molecule has 0 saturated heterocycles. The van der Waals surface area contributed by atoms with Gasteiger partial charge in [0.05, 0.1) is 11.1 Å². The van der Waals surface area contributed by atoms with Crippen molar-refractivity contribution in [3.8, 4) is 11.5 Å². The summed E-state index contributed by atoms with van der Waals surface area (Å²) in [5.41, 5.74) is 1.07. The van der Waals surface area contributed by atoms with Gasteiger partial charge in [0.15, 0.2) is 11.5 Å². The molecule has 1 atom stereocenters. The molecule has 0 spiro atoms. The molecule has 1 unspecified atom stereocenters. The summed E-state index contributed by atoms with van der Waals surface area (Å²) in [7, 11) is 0. The minimum absolute atomic E-state index is 0.206.